The predicted molar refractivity (Wildman–Crippen MR) is 127 cm³/mol. The number of fused-ring (bicyclic) bond motifs is 8. The first-order valence-electron chi connectivity index (χ1n) is 10.3. The topological polar surface area (TPSA) is 41.1 Å². The van der Waals surface area contributed by atoms with Crippen LogP contribution in [0.1, 0.15) is 0 Å². The van der Waals surface area contributed by atoms with E-state index in [-0.39, 0.29) is 20.1 Å². The predicted octanol–water partition coefficient (Wildman–Crippen LogP) is 4.92. The summed E-state index contributed by atoms with van der Waals surface area (Å²) in [5.74, 6) is 0. The summed E-state index contributed by atoms with van der Waals surface area (Å²) in [6.07, 6.45) is 9.64. The van der Waals surface area contributed by atoms with Gasteiger partial charge in [0.05, 0.1) is 0 Å². The van der Waals surface area contributed by atoms with Crippen LogP contribution < -0.4 is 4.90 Å². The molecule has 0 fully saturated rings. The Balaban J connectivity index is 0.000000152. The molecule has 0 atom stereocenters. The molecule has 0 bridgehead atoms. The summed E-state index contributed by atoms with van der Waals surface area (Å²) in [5, 5.41) is 6.80. The summed E-state index contributed by atoms with van der Waals surface area (Å²) in [5.41, 5.74) is 5.02. The van der Waals surface area contributed by atoms with Crippen LogP contribution in [0, 0.1) is 18.8 Å². The van der Waals surface area contributed by atoms with Crippen molar-refractivity contribution in [2.24, 2.45) is 0 Å². The van der Waals surface area contributed by atoms with E-state index in [0.717, 1.165) is 27.9 Å². The summed E-state index contributed by atoms with van der Waals surface area (Å²) in [6, 6.07) is 26.6. The second-order valence-electron chi connectivity index (χ2n) is 7.56. The molecule has 0 spiro atoms. The van der Waals surface area contributed by atoms with Crippen molar-refractivity contribution >= 4 is 38.7 Å². The van der Waals surface area contributed by atoms with Crippen LogP contribution in [-0.4, -0.2) is 30.9 Å². The van der Waals surface area contributed by atoms with E-state index in [1.165, 1.54) is 10.8 Å². The van der Waals surface area contributed by atoms with Crippen molar-refractivity contribution in [3.63, 3.8) is 0 Å². The van der Waals surface area contributed by atoms with Crippen molar-refractivity contribution in [1.82, 2.24) is 23.9 Å². The first-order valence-corrected chi connectivity index (χ1v) is 10.3. The molecule has 0 amide bonds. The fraction of sp³-hybridized carbons (Fsp3) is 0.0385. The van der Waals surface area contributed by atoms with Gasteiger partial charge in [-0.1, -0.05) is 35.8 Å². The molecule has 6 aromatic rings. The van der Waals surface area contributed by atoms with Crippen LogP contribution in [0.25, 0.3) is 33.0 Å². The average molecular weight is 608 g/mol. The molecule has 0 radical (unpaired) electrons. The van der Waals surface area contributed by atoms with Gasteiger partial charge in [-0.05, 0) is 42.7 Å². The molecule has 2 aromatic carbocycles. The molecule has 4 aromatic heterocycles. The van der Waals surface area contributed by atoms with Crippen LogP contribution in [0.15, 0.2) is 91.7 Å². The number of para-hydroxylation sites is 1. The smallest absolute Gasteiger partial charge is 0.510 e. The standard InChI is InChI=1S/C16H9N4.C10H10N2.Ir/c1-2-5-12-11(4-1)10-19-13-6-3-8-17-15(13)14-7-9-18-20(14)16(12)19;1-11-7-8-12(9-11)10-5-3-2-4-6-10;/h1-6,8-10H;2-5,7-9H,1H3;/q-1;-2;+3. The number of hydrogen-bond acceptors (Lipinski definition) is 4. The van der Waals surface area contributed by atoms with E-state index in [9.17, 15) is 0 Å². The molecule has 0 saturated heterocycles. The maximum atomic E-state index is 4.49. The second-order valence-corrected chi connectivity index (χ2v) is 7.56. The summed E-state index contributed by atoms with van der Waals surface area (Å²) in [6.45, 7) is 2.01. The molecule has 0 saturated carbocycles. The van der Waals surface area contributed by atoms with Crippen LogP contribution in [-0.2, 0) is 20.1 Å². The van der Waals surface area contributed by atoms with E-state index in [1.54, 1.807) is 12.4 Å². The van der Waals surface area contributed by atoms with Gasteiger partial charge in [0.2, 0.25) is 0 Å². The fourth-order valence-corrected chi connectivity index (χ4v) is 4.05. The zero-order chi connectivity index (χ0) is 21.5. The van der Waals surface area contributed by atoms with Gasteiger partial charge in [-0.15, -0.1) is 5.69 Å². The van der Waals surface area contributed by atoms with E-state index < -0.39 is 0 Å². The Morgan fingerprint density at radius 2 is 1.82 bits per heavy atom. The van der Waals surface area contributed by atoms with Crippen LogP contribution in [0.5, 0.6) is 0 Å². The molecule has 7 heteroatoms. The van der Waals surface area contributed by atoms with Crippen LogP contribution >= 0.6 is 0 Å². The Labute approximate surface area is 204 Å². The Morgan fingerprint density at radius 1 is 0.939 bits per heavy atom. The number of rotatable bonds is 1. The SMILES string of the molecule is CN1C=CN(c2[c-]cccc2)[CH-]1.[Ir+3].[c-]1cnn2c1c1ncccc1n1cc3ccccc3c12. The molecule has 0 unspecified atom stereocenters. The first-order chi connectivity index (χ1) is 15.8. The Hall–Kier alpha value is -3.67. The molecule has 1 aliphatic rings. The zero-order valence-corrected chi connectivity index (χ0v) is 20.1. The molecule has 0 aliphatic carbocycles. The van der Waals surface area contributed by atoms with Gasteiger partial charge in [-0.3, -0.25) is 4.52 Å². The minimum atomic E-state index is 0. The number of hydrogen-bond donors (Lipinski definition) is 0. The Morgan fingerprint density at radius 3 is 2.64 bits per heavy atom. The van der Waals surface area contributed by atoms with Crippen molar-refractivity contribution in [3.8, 4) is 0 Å². The van der Waals surface area contributed by atoms with Crippen molar-refractivity contribution < 1.29 is 20.1 Å². The number of aromatic nitrogens is 4. The van der Waals surface area contributed by atoms with Gasteiger partial charge in [0.1, 0.15) is 5.65 Å². The molecule has 1 aliphatic heterocycles. The summed E-state index contributed by atoms with van der Waals surface area (Å²) < 4.78 is 4.07. The van der Waals surface area contributed by atoms with E-state index in [1.807, 2.05) is 70.8 Å². The number of nitrogens with zero attached hydrogens (tertiary/aromatic N) is 6. The number of benzene rings is 2. The third-order valence-electron chi connectivity index (χ3n) is 5.49. The van der Waals surface area contributed by atoms with Crippen LogP contribution in [0.4, 0.5) is 5.69 Å². The van der Waals surface area contributed by atoms with Gasteiger partial charge < -0.3 is 19.2 Å². The summed E-state index contributed by atoms with van der Waals surface area (Å²) in [7, 11) is 2.00. The van der Waals surface area contributed by atoms with Crippen molar-refractivity contribution in [3.05, 3.63) is 110 Å². The van der Waals surface area contributed by atoms with Gasteiger partial charge in [-0.2, -0.15) is 42.1 Å². The van der Waals surface area contributed by atoms with Gasteiger partial charge >= 0.3 is 20.1 Å². The normalized spacial score (nSPS) is 13.0. The summed E-state index contributed by atoms with van der Waals surface area (Å²) >= 11 is 0. The molecule has 7 rings (SSSR count). The molecule has 5 heterocycles. The van der Waals surface area contributed by atoms with E-state index in [2.05, 4.69) is 63.1 Å². The molecule has 6 nitrogen and oxygen atoms in total. The summed E-state index contributed by atoms with van der Waals surface area (Å²) in [4.78, 5) is 8.52. The molecule has 33 heavy (non-hydrogen) atoms. The molecular formula is C26H19IrN6. The second kappa shape index (κ2) is 8.70. The van der Waals surface area contributed by atoms with Gasteiger partial charge in [0.15, 0.2) is 0 Å². The van der Waals surface area contributed by atoms with Crippen LogP contribution in [0.3, 0.4) is 0 Å². The Bertz CT molecular complexity index is 1580. The molecule has 0 N–H and O–H groups in total. The number of anilines is 1. The molecular weight excluding hydrogens is 589 g/mol. The third-order valence-corrected chi connectivity index (χ3v) is 5.49. The Kier molecular flexibility index (Phi) is 5.58. The fourth-order valence-electron chi connectivity index (χ4n) is 4.05. The van der Waals surface area contributed by atoms with Crippen molar-refractivity contribution in [2.45, 2.75) is 0 Å². The molecule has 162 valence electrons. The average Bonchev–Trinajstić information content (AvgIpc) is 3.58. The maximum Gasteiger partial charge on any atom is 3.00 e. The number of pyridine rings is 1. The third kappa shape index (κ3) is 3.65. The van der Waals surface area contributed by atoms with Gasteiger partial charge in [-0.25, -0.2) is 6.07 Å². The quantitative estimate of drug-likeness (QED) is 0.249. The first kappa shape index (κ1) is 21.2. The van der Waals surface area contributed by atoms with Crippen LogP contribution in [0.2, 0.25) is 0 Å². The minimum Gasteiger partial charge on any atom is -0.510 e. The van der Waals surface area contributed by atoms with E-state index >= 15 is 0 Å². The monoisotopic (exact) mass is 608 g/mol. The van der Waals surface area contributed by atoms with Crippen molar-refractivity contribution in [2.75, 3.05) is 11.9 Å². The largest absolute Gasteiger partial charge is 3.00 e. The van der Waals surface area contributed by atoms with E-state index in [4.69, 9.17) is 0 Å². The van der Waals surface area contributed by atoms with Gasteiger partial charge in [0, 0.05) is 23.2 Å². The van der Waals surface area contributed by atoms with E-state index in [0.29, 0.717) is 0 Å². The zero-order valence-electron chi connectivity index (χ0n) is 17.8. The minimum absolute atomic E-state index is 0. The van der Waals surface area contributed by atoms with Gasteiger partial charge in [0.25, 0.3) is 0 Å². The maximum absolute atomic E-state index is 4.49. The van der Waals surface area contributed by atoms with Crippen molar-refractivity contribution in [1.29, 1.82) is 0 Å².